The number of aromatic nitrogens is 5. The van der Waals surface area contributed by atoms with Crippen molar-refractivity contribution in [2.75, 3.05) is 18.0 Å². The highest BCUT2D eigenvalue weighted by molar-refractivity contribution is 5.93. The number of pyridine rings is 1. The second-order valence-corrected chi connectivity index (χ2v) is 7.00. The van der Waals surface area contributed by atoms with Gasteiger partial charge in [0.25, 0.3) is 0 Å². The molecular weight excluding hydrogens is 354 g/mol. The fourth-order valence-electron chi connectivity index (χ4n) is 3.73. The fraction of sp³-hybridized carbons (Fsp3) is 0.250. The number of carbonyl (C=O) groups excluding carboxylic acids is 1. The van der Waals surface area contributed by atoms with E-state index in [0.717, 1.165) is 40.9 Å². The summed E-state index contributed by atoms with van der Waals surface area (Å²) in [6.45, 7) is 1.41. The largest absolute Gasteiger partial charge is 0.369 e. The zero-order chi connectivity index (χ0) is 19.1. The number of piperidine rings is 1. The predicted molar refractivity (Wildman–Crippen MR) is 106 cm³/mol. The smallest absolute Gasteiger partial charge is 0.229 e. The number of primary amides is 1. The second-order valence-electron chi connectivity index (χ2n) is 7.00. The number of carbonyl (C=O) groups is 1. The van der Waals surface area contributed by atoms with Crippen LogP contribution in [0.3, 0.4) is 0 Å². The van der Waals surface area contributed by atoms with E-state index >= 15 is 0 Å². The molecule has 0 unspecified atom stereocenters. The Bertz CT molecular complexity index is 1160. The summed E-state index contributed by atoms with van der Waals surface area (Å²) in [5.74, 6) is 1.07. The maximum absolute atomic E-state index is 11.5. The van der Waals surface area contributed by atoms with Crippen LogP contribution in [0.15, 0.2) is 48.8 Å². The Kier molecular flexibility index (Phi) is 3.89. The lowest BCUT2D eigenvalue weighted by Crippen LogP contribution is -2.39. The van der Waals surface area contributed by atoms with Crippen LogP contribution in [0.1, 0.15) is 12.8 Å². The molecule has 8 nitrogen and oxygen atoms in total. The van der Waals surface area contributed by atoms with Crippen LogP contribution >= 0.6 is 0 Å². The molecule has 4 aromatic rings. The van der Waals surface area contributed by atoms with Gasteiger partial charge in [0, 0.05) is 42.4 Å². The van der Waals surface area contributed by atoms with E-state index in [0.29, 0.717) is 18.9 Å². The average Bonchev–Trinajstić information content (AvgIpc) is 3.20. The number of hydrogen-bond acceptors (Lipinski definition) is 6. The molecule has 1 aliphatic rings. The molecule has 2 N–H and O–H groups in total. The SMILES string of the molecule is NC(=O)C1CCN(c2nc3ccccc3c3nc(-c4ccncc4)nn23)CC1. The van der Waals surface area contributed by atoms with Crippen molar-refractivity contribution in [2.24, 2.45) is 11.7 Å². The molecule has 1 saturated heterocycles. The Hall–Kier alpha value is -3.55. The van der Waals surface area contributed by atoms with Crippen LogP contribution in [-0.2, 0) is 4.79 Å². The van der Waals surface area contributed by atoms with Crippen LogP contribution in [-0.4, -0.2) is 43.6 Å². The van der Waals surface area contributed by atoms with Crippen LogP contribution in [0.5, 0.6) is 0 Å². The topological polar surface area (TPSA) is 102 Å². The first kappa shape index (κ1) is 16.6. The number of anilines is 1. The van der Waals surface area contributed by atoms with Crippen LogP contribution in [0.4, 0.5) is 5.95 Å². The van der Waals surface area contributed by atoms with Crippen molar-refractivity contribution in [1.82, 2.24) is 24.6 Å². The molecule has 3 aromatic heterocycles. The zero-order valence-corrected chi connectivity index (χ0v) is 15.2. The summed E-state index contributed by atoms with van der Waals surface area (Å²) in [7, 11) is 0. The third-order valence-electron chi connectivity index (χ3n) is 5.28. The molecule has 4 heterocycles. The minimum absolute atomic E-state index is 0.0738. The average molecular weight is 373 g/mol. The van der Waals surface area contributed by atoms with Crippen molar-refractivity contribution < 1.29 is 4.79 Å². The molecule has 0 spiro atoms. The predicted octanol–water partition coefficient (Wildman–Crippen LogP) is 2.04. The first-order chi connectivity index (χ1) is 13.7. The van der Waals surface area contributed by atoms with Gasteiger partial charge in [-0.15, -0.1) is 5.10 Å². The molecule has 0 saturated carbocycles. The van der Waals surface area contributed by atoms with Gasteiger partial charge >= 0.3 is 0 Å². The lowest BCUT2D eigenvalue weighted by molar-refractivity contribution is -0.122. The van der Waals surface area contributed by atoms with Crippen LogP contribution in [0.2, 0.25) is 0 Å². The van der Waals surface area contributed by atoms with E-state index in [1.807, 2.05) is 40.9 Å². The lowest BCUT2D eigenvalue weighted by atomic mass is 9.96. The zero-order valence-electron chi connectivity index (χ0n) is 15.2. The van der Waals surface area contributed by atoms with Crippen molar-refractivity contribution in [2.45, 2.75) is 12.8 Å². The Labute approximate surface area is 161 Å². The fourth-order valence-corrected chi connectivity index (χ4v) is 3.73. The van der Waals surface area contributed by atoms with Crippen LogP contribution in [0.25, 0.3) is 27.9 Å². The summed E-state index contributed by atoms with van der Waals surface area (Å²) in [6, 6.07) is 11.7. The minimum Gasteiger partial charge on any atom is -0.369 e. The van der Waals surface area contributed by atoms with Gasteiger partial charge in [0.15, 0.2) is 11.5 Å². The maximum atomic E-state index is 11.5. The summed E-state index contributed by atoms with van der Waals surface area (Å²) in [6.07, 6.45) is 4.90. The van der Waals surface area contributed by atoms with Crippen molar-refractivity contribution in [1.29, 1.82) is 0 Å². The molecule has 0 atom stereocenters. The second kappa shape index (κ2) is 6.56. The number of hydrogen-bond donors (Lipinski definition) is 1. The van der Waals surface area contributed by atoms with Gasteiger partial charge in [-0.2, -0.15) is 4.52 Å². The Balaban J connectivity index is 1.65. The molecule has 1 aliphatic heterocycles. The summed E-state index contributed by atoms with van der Waals surface area (Å²) in [5, 5.41) is 5.69. The van der Waals surface area contributed by atoms with Gasteiger partial charge in [-0.3, -0.25) is 9.78 Å². The Morgan fingerprint density at radius 3 is 2.54 bits per heavy atom. The van der Waals surface area contributed by atoms with E-state index < -0.39 is 0 Å². The number of fused-ring (bicyclic) bond motifs is 3. The number of benzene rings is 1. The van der Waals surface area contributed by atoms with E-state index in [-0.39, 0.29) is 11.8 Å². The van der Waals surface area contributed by atoms with Crippen molar-refractivity contribution >= 4 is 28.4 Å². The van der Waals surface area contributed by atoms with E-state index in [4.69, 9.17) is 20.8 Å². The minimum atomic E-state index is -0.225. The number of para-hydroxylation sites is 1. The van der Waals surface area contributed by atoms with E-state index in [2.05, 4.69) is 9.88 Å². The van der Waals surface area contributed by atoms with Gasteiger partial charge in [0.05, 0.1) is 5.52 Å². The number of amides is 1. The third-order valence-corrected chi connectivity index (χ3v) is 5.28. The molecule has 5 rings (SSSR count). The first-order valence-corrected chi connectivity index (χ1v) is 9.31. The van der Waals surface area contributed by atoms with Crippen LogP contribution < -0.4 is 10.6 Å². The maximum Gasteiger partial charge on any atom is 0.229 e. The van der Waals surface area contributed by atoms with Crippen molar-refractivity contribution in [3.8, 4) is 11.4 Å². The summed E-state index contributed by atoms with van der Waals surface area (Å²) >= 11 is 0. The Morgan fingerprint density at radius 1 is 1.04 bits per heavy atom. The monoisotopic (exact) mass is 373 g/mol. The summed E-state index contributed by atoms with van der Waals surface area (Å²) < 4.78 is 1.81. The van der Waals surface area contributed by atoms with Crippen LogP contribution in [0, 0.1) is 5.92 Å². The quantitative estimate of drug-likeness (QED) is 0.590. The van der Waals surface area contributed by atoms with Crippen molar-refractivity contribution in [3.63, 3.8) is 0 Å². The number of nitrogens with two attached hydrogens (primary N) is 1. The van der Waals surface area contributed by atoms with Gasteiger partial charge in [-0.25, -0.2) is 9.97 Å². The normalized spacial score (nSPS) is 15.4. The van der Waals surface area contributed by atoms with E-state index in [1.165, 1.54) is 0 Å². The Morgan fingerprint density at radius 2 is 1.79 bits per heavy atom. The van der Waals surface area contributed by atoms with Crippen molar-refractivity contribution in [3.05, 3.63) is 48.8 Å². The standard InChI is InChI=1S/C20H19N7O/c21-17(28)13-7-11-26(12-8-13)20-23-16-4-2-1-3-15(16)19-24-18(25-27(19)20)14-5-9-22-10-6-14/h1-6,9-10,13H,7-8,11-12H2,(H2,21,28). The first-order valence-electron chi connectivity index (χ1n) is 9.31. The highest BCUT2D eigenvalue weighted by Gasteiger charge is 2.26. The number of nitrogens with zero attached hydrogens (tertiary/aromatic N) is 6. The van der Waals surface area contributed by atoms with Gasteiger partial charge in [-0.05, 0) is 37.1 Å². The van der Waals surface area contributed by atoms with Gasteiger partial charge < -0.3 is 10.6 Å². The molecule has 28 heavy (non-hydrogen) atoms. The van der Waals surface area contributed by atoms with E-state index in [1.54, 1.807) is 12.4 Å². The molecule has 0 radical (unpaired) electrons. The van der Waals surface area contributed by atoms with Gasteiger partial charge in [0.2, 0.25) is 11.9 Å². The molecule has 1 amide bonds. The molecule has 140 valence electrons. The van der Waals surface area contributed by atoms with E-state index in [9.17, 15) is 4.79 Å². The highest BCUT2D eigenvalue weighted by atomic mass is 16.1. The lowest BCUT2D eigenvalue weighted by Gasteiger charge is -2.31. The molecule has 1 fully saturated rings. The number of rotatable bonds is 3. The summed E-state index contributed by atoms with van der Waals surface area (Å²) in [4.78, 5) is 27.4. The molecule has 0 bridgehead atoms. The molecular formula is C20H19N7O. The molecule has 1 aromatic carbocycles. The van der Waals surface area contributed by atoms with Gasteiger partial charge in [-0.1, -0.05) is 12.1 Å². The molecule has 8 heteroatoms. The third kappa shape index (κ3) is 2.74. The summed E-state index contributed by atoms with van der Waals surface area (Å²) in [5.41, 5.74) is 8.02. The highest BCUT2D eigenvalue weighted by Crippen LogP contribution is 2.28. The molecule has 0 aliphatic carbocycles. The van der Waals surface area contributed by atoms with Gasteiger partial charge in [0.1, 0.15) is 0 Å².